The molecule has 1 aliphatic heterocycles. The van der Waals surface area contributed by atoms with Crippen LogP contribution in [0.1, 0.15) is 48.0 Å². The fourth-order valence-electron chi connectivity index (χ4n) is 4.61. The van der Waals surface area contributed by atoms with Crippen molar-refractivity contribution >= 4 is 16.9 Å². The van der Waals surface area contributed by atoms with Crippen LogP contribution in [0.15, 0.2) is 64.3 Å². The van der Waals surface area contributed by atoms with Crippen molar-refractivity contribution in [2.75, 3.05) is 39.9 Å². The number of hydrogen-bond donors (Lipinski definition) is 0. The standard InChI is InChI=1S/C28H32N2O5/c1-5-17-34-20-11-9-19(10-12-20)25-24-26(31)22-14-13-21(33-4)18-23(22)35-27(24)28(32)30(25)16-8-15-29(6-2)7-3/h5,9-14,18,25H,1,6-8,15-17H2,2-4H3. The molecule has 35 heavy (non-hydrogen) atoms. The summed E-state index contributed by atoms with van der Waals surface area (Å²) in [6.07, 6.45) is 2.47. The van der Waals surface area contributed by atoms with E-state index in [1.165, 1.54) is 0 Å². The molecule has 1 aliphatic rings. The van der Waals surface area contributed by atoms with Gasteiger partial charge in [0.1, 0.15) is 23.7 Å². The lowest BCUT2D eigenvalue weighted by atomic mass is 9.98. The second-order valence-electron chi connectivity index (χ2n) is 8.49. The van der Waals surface area contributed by atoms with Gasteiger partial charge in [0, 0.05) is 12.6 Å². The molecular formula is C28H32N2O5. The molecule has 1 amide bonds. The molecule has 7 nitrogen and oxygen atoms in total. The number of fused-ring (bicyclic) bond motifs is 2. The van der Waals surface area contributed by atoms with Crippen molar-refractivity contribution < 1.29 is 18.7 Å². The summed E-state index contributed by atoms with van der Waals surface area (Å²) in [5.74, 6) is 1.10. The molecule has 4 rings (SSSR count). The third-order valence-electron chi connectivity index (χ3n) is 6.51. The molecule has 0 fully saturated rings. The number of rotatable bonds is 11. The summed E-state index contributed by atoms with van der Waals surface area (Å²) in [5.41, 5.74) is 1.38. The molecule has 2 aromatic carbocycles. The second kappa shape index (κ2) is 10.8. The van der Waals surface area contributed by atoms with Crippen molar-refractivity contribution in [1.82, 2.24) is 9.80 Å². The van der Waals surface area contributed by atoms with E-state index in [0.717, 1.165) is 31.6 Å². The largest absolute Gasteiger partial charge is 0.497 e. The minimum absolute atomic E-state index is 0.107. The van der Waals surface area contributed by atoms with Gasteiger partial charge in [-0.2, -0.15) is 0 Å². The summed E-state index contributed by atoms with van der Waals surface area (Å²) in [6.45, 7) is 11.6. The van der Waals surface area contributed by atoms with E-state index in [-0.39, 0.29) is 17.1 Å². The predicted molar refractivity (Wildman–Crippen MR) is 136 cm³/mol. The highest BCUT2D eigenvalue weighted by Crippen LogP contribution is 2.39. The highest BCUT2D eigenvalue weighted by atomic mass is 16.5. The van der Waals surface area contributed by atoms with E-state index in [2.05, 4.69) is 25.3 Å². The number of carbonyl (C=O) groups is 1. The van der Waals surface area contributed by atoms with E-state index in [9.17, 15) is 9.59 Å². The van der Waals surface area contributed by atoms with Gasteiger partial charge in [0.25, 0.3) is 5.91 Å². The Morgan fingerprint density at radius 2 is 1.80 bits per heavy atom. The molecule has 0 N–H and O–H groups in total. The predicted octanol–water partition coefficient (Wildman–Crippen LogP) is 4.64. The van der Waals surface area contributed by atoms with Gasteiger partial charge < -0.3 is 23.7 Å². The van der Waals surface area contributed by atoms with Crippen molar-refractivity contribution in [3.05, 3.63) is 82.2 Å². The van der Waals surface area contributed by atoms with Crippen LogP contribution >= 0.6 is 0 Å². The van der Waals surface area contributed by atoms with E-state index < -0.39 is 6.04 Å². The Morgan fingerprint density at radius 3 is 2.46 bits per heavy atom. The van der Waals surface area contributed by atoms with Gasteiger partial charge in [-0.25, -0.2) is 0 Å². The van der Waals surface area contributed by atoms with Crippen molar-refractivity contribution in [1.29, 1.82) is 0 Å². The van der Waals surface area contributed by atoms with E-state index in [4.69, 9.17) is 13.9 Å². The van der Waals surface area contributed by atoms with E-state index in [1.807, 2.05) is 24.3 Å². The number of benzene rings is 2. The Kier molecular flexibility index (Phi) is 7.56. The first-order valence-corrected chi connectivity index (χ1v) is 12.0. The fourth-order valence-corrected chi connectivity index (χ4v) is 4.61. The summed E-state index contributed by atoms with van der Waals surface area (Å²) < 4.78 is 16.9. The zero-order valence-corrected chi connectivity index (χ0v) is 20.6. The molecule has 1 unspecified atom stereocenters. The second-order valence-corrected chi connectivity index (χ2v) is 8.49. The van der Waals surface area contributed by atoms with Crippen LogP contribution in [0, 0.1) is 0 Å². The summed E-state index contributed by atoms with van der Waals surface area (Å²) >= 11 is 0. The van der Waals surface area contributed by atoms with Gasteiger partial charge in [0.15, 0.2) is 5.43 Å². The molecule has 1 aromatic heterocycles. The third-order valence-corrected chi connectivity index (χ3v) is 6.51. The first-order valence-electron chi connectivity index (χ1n) is 12.0. The number of methoxy groups -OCH3 is 1. The quantitative estimate of drug-likeness (QED) is 0.376. The lowest BCUT2D eigenvalue weighted by Gasteiger charge is -2.26. The van der Waals surface area contributed by atoms with Crippen LogP contribution in [0.4, 0.5) is 0 Å². The highest BCUT2D eigenvalue weighted by Gasteiger charge is 2.42. The fraction of sp³-hybridized carbons (Fsp3) is 0.357. The molecule has 0 spiro atoms. The molecule has 0 saturated heterocycles. The zero-order valence-electron chi connectivity index (χ0n) is 20.6. The average Bonchev–Trinajstić information content (AvgIpc) is 3.17. The Bertz CT molecular complexity index is 1260. The first kappa shape index (κ1) is 24.5. The van der Waals surface area contributed by atoms with Gasteiger partial charge in [-0.05, 0) is 55.9 Å². The van der Waals surface area contributed by atoms with Gasteiger partial charge in [0.2, 0.25) is 5.76 Å². The third kappa shape index (κ3) is 4.82. The number of nitrogens with zero attached hydrogens (tertiary/aromatic N) is 2. The topological polar surface area (TPSA) is 72.2 Å². The Labute approximate surface area is 205 Å². The van der Waals surface area contributed by atoms with Gasteiger partial charge >= 0.3 is 0 Å². The summed E-state index contributed by atoms with van der Waals surface area (Å²) in [6, 6.07) is 12.0. The van der Waals surface area contributed by atoms with Crippen molar-refractivity contribution in [3.8, 4) is 11.5 Å². The lowest BCUT2D eigenvalue weighted by molar-refractivity contribution is 0.0720. The Balaban J connectivity index is 1.76. The van der Waals surface area contributed by atoms with Crippen LogP contribution in [0.3, 0.4) is 0 Å². The van der Waals surface area contributed by atoms with Crippen LogP contribution in [0.2, 0.25) is 0 Å². The monoisotopic (exact) mass is 476 g/mol. The molecule has 0 saturated carbocycles. The maximum absolute atomic E-state index is 13.7. The maximum atomic E-state index is 13.7. The van der Waals surface area contributed by atoms with E-state index >= 15 is 0 Å². The molecule has 2 heterocycles. The van der Waals surface area contributed by atoms with Gasteiger partial charge in [0.05, 0.1) is 24.1 Å². The molecular weight excluding hydrogens is 444 g/mol. The van der Waals surface area contributed by atoms with Gasteiger partial charge in [-0.3, -0.25) is 9.59 Å². The van der Waals surface area contributed by atoms with Crippen molar-refractivity contribution in [2.45, 2.75) is 26.3 Å². The zero-order chi connectivity index (χ0) is 24.9. The maximum Gasteiger partial charge on any atom is 0.290 e. The molecule has 0 bridgehead atoms. The summed E-state index contributed by atoms with van der Waals surface area (Å²) in [4.78, 5) is 31.3. The van der Waals surface area contributed by atoms with Crippen molar-refractivity contribution in [3.63, 3.8) is 0 Å². The molecule has 3 aromatic rings. The molecule has 0 radical (unpaired) electrons. The number of carbonyl (C=O) groups excluding carboxylic acids is 1. The average molecular weight is 477 g/mol. The van der Waals surface area contributed by atoms with Crippen molar-refractivity contribution in [2.24, 2.45) is 0 Å². The van der Waals surface area contributed by atoms with E-state index in [0.29, 0.717) is 41.2 Å². The number of hydrogen-bond acceptors (Lipinski definition) is 6. The van der Waals surface area contributed by atoms with E-state index in [1.54, 1.807) is 36.3 Å². The van der Waals surface area contributed by atoms with Crippen LogP contribution in [0.25, 0.3) is 11.0 Å². The van der Waals surface area contributed by atoms with Gasteiger partial charge in [-0.15, -0.1) is 0 Å². The van der Waals surface area contributed by atoms with Gasteiger partial charge in [-0.1, -0.05) is 38.6 Å². The minimum Gasteiger partial charge on any atom is -0.497 e. The Hall–Kier alpha value is -3.58. The summed E-state index contributed by atoms with van der Waals surface area (Å²) in [5, 5.41) is 0.429. The number of amides is 1. The smallest absolute Gasteiger partial charge is 0.290 e. The lowest BCUT2D eigenvalue weighted by Crippen LogP contribution is -2.33. The first-order chi connectivity index (χ1) is 17.0. The molecule has 0 aliphatic carbocycles. The molecule has 7 heteroatoms. The highest BCUT2D eigenvalue weighted by molar-refractivity contribution is 5.99. The molecule has 184 valence electrons. The normalized spacial score (nSPS) is 15.0. The SMILES string of the molecule is C=CCOc1ccc(C2c3c(oc4cc(OC)ccc4c3=O)C(=O)N2CCCN(CC)CC)cc1. The minimum atomic E-state index is -0.523. The summed E-state index contributed by atoms with van der Waals surface area (Å²) in [7, 11) is 1.55. The van der Waals surface area contributed by atoms with Crippen LogP contribution in [-0.2, 0) is 0 Å². The van der Waals surface area contributed by atoms with Crippen LogP contribution in [-0.4, -0.2) is 55.6 Å². The van der Waals surface area contributed by atoms with Crippen LogP contribution in [0.5, 0.6) is 11.5 Å². The molecule has 1 atom stereocenters. The van der Waals surface area contributed by atoms with Crippen LogP contribution < -0.4 is 14.9 Å². The number of ether oxygens (including phenoxy) is 2. The Morgan fingerprint density at radius 1 is 1.09 bits per heavy atom.